The van der Waals surface area contributed by atoms with Crippen LogP contribution >= 0.6 is 34.4 Å². The van der Waals surface area contributed by atoms with Crippen LogP contribution in [0.15, 0.2) is 32.9 Å². The molecule has 7 heteroatoms. The van der Waals surface area contributed by atoms with Gasteiger partial charge < -0.3 is 5.32 Å². The van der Waals surface area contributed by atoms with E-state index in [9.17, 15) is 0 Å². The monoisotopic (exact) mass is 294 g/mol. The number of anilines is 1. The first-order valence-electron chi connectivity index (χ1n) is 5.46. The molecule has 18 heavy (non-hydrogen) atoms. The molecule has 0 atom stereocenters. The van der Waals surface area contributed by atoms with E-state index >= 15 is 0 Å². The van der Waals surface area contributed by atoms with Crippen LogP contribution < -0.4 is 5.32 Å². The Kier molecular flexibility index (Phi) is 3.44. The van der Waals surface area contributed by atoms with Crippen LogP contribution in [-0.4, -0.2) is 21.7 Å². The minimum atomic E-state index is 0.862. The largest absolute Gasteiger partial charge is 0.360 e. The topological polar surface area (TPSA) is 50.7 Å². The van der Waals surface area contributed by atoms with Gasteiger partial charge in [0.25, 0.3) is 0 Å². The molecular formula is C11H10N4S3. The van der Waals surface area contributed by atoms with Crippen molar-refractivity contribution in [2.24, 2.45) is 0 Å². The first kappa shape index (κ1) is 11.9. The lowest BCUT2D eigenvalue weighted by atomic mass is 10.3. The van der Waals surface area contributed by atoms with Gasteiger partial charge in [-0.1, -0.05) is 23.5 Å². The third kappa shape index (κ3) is 2.47. The van der Waals surface area contributed by atoms with Gasteiger partial charge in [0.05, 0.1) is 10.2 Å². The quantitative estimate of drug-likeness (QED) is 0.794. The Morgan fingerprint density at radius 2 is 2.06 bits per heavy atom. The van der Waals surface area contributed by atoms with Crippen molar-refractivity contribution in [3.05, 3.63) is 24.3 Å². The van der Waals surface area contributed by atoms with E-state index in [0.717, 1.165) is 25.9 Å². The zero-order valence-corrected chi connectivity index (χ0v) is 12.0. The molecule has 2 aromatic heterocycles. The maximum Gasteiger partial charge on any atom is 0.206 e. The lowest BCUT2D eigenvalue weighted by molar-refractivity contribution is 1.00. The maximum absolute atomic E-state index is 4.56. The lowest BCUT2D eigenvalue weighted by Crippen LogP contribution is -1.94. The molecular weight excluding hydrogens is 284 g/mol. The molecule has 3 aromatic rings. The van der Waals surface area contributed by atoms with Gasteiger partial charge in [-0.05, 0) is 30.8 Å². The Morgan fingerprint density at radius 1 is 1.17 bits per heavy atom. The van der Waals surface area contributed by atoms with Gasteiger partial charge in [-0.2, -0.15) is 0 Å². The normalized spacial score (nSPS) is 10.9. The third-order valence-corrected chi connectivity index (χ3v) is 5.21. The molecule has 0 aliphatic heterocycles. The maximum atomic E-state index is 4.56. The summed E-state index contributed by atoms with van der Waals surface area (Å²) in [5.41, 5.74) is 1.04. The fourth-order valence-electron chi connectivity index (χ4n) is 1.44. The summed E-state index contributed by atoms with van der Waals surface area (Å²) in [4.78, 5) is 4.56. The predicted molar refractivity (Wildman–Crippen MR) is 77.8 cm³/mol. The second-order valence-corrected chi connectivity index (χ2v) is 6.96. The summed E-state index contributed by atoms with van der Waals surface area (Å²) in [5.74, 6) is 0. The Balaban J connectivity index is 1.82. The minimum Gasteiger partial charge on any atom is -0.360 e. The highest BCUT2D eigenvalue weighted by molar-refractivity contribution is 8.02. The first-order chi connectivity index (χ1) is 8.85. The van der Waals surface area contributed by atoms with Gasteiger partial charge in [-0.15, -0.1) is 21.5 Å². The third-order valence-electron chi connectivity index (χ3n) is 2.18. The van der Waals surface area contributed by atoms with E-state index < -0.39 is 0 Å². The number of benzene rings is 1. The van der Waals surface area contributed by atoms with E-state index in [4.69, 9.17) is 0 Å². The first-order valence-corrected chi connectivity index (χ1v) is 7.91. The number of nitrogens with zero attached hydrogens (tertiary/aromatic N) is 3. The summed E-state index contributed by atoms with van der Waals surface area (Å²) in [6, 6.07) is 8.15. The summed E-state index contributed by atoms with van der Waals surface area (Å²) < 4.78 is 3.14. The molecule has 3 rings (SSSR count). The highest BCUT2D eigenvalue weighted by atomic mass is 32.2. The average Bonchev–Trinajstić information content (AvgIpc) is 2.96. The van der Waals surface area contributed by atoms with Gasteiger partial charge in [0.1, 0.15) is 0 Å². The van der Waals surface area contributed by atoms with Crippen LogP contribution in [0.25, 0.3) is 10.2 Å². The number of aromatic nitrogens is 3. The summed E-state index contributed by atoms with van der Waals surface area (Å²) in [5, 5.41) is 12.2. The molecule has 0 amide bonds. The second-order valence-electron chi connectivity index (χ2n) is 3.45. The molecule has 1 N–H and O–H groups in total. The summed E-state index contributed by atoms with van der Waals surface area (Å²) in [6.07, 6.45) is 0. The van der Waals surface area contributed by atoms with E-state index in [1.54, 1.807) is 34.4 Å². The van der Waals surface area contributed by atoms with E-state index in [-0.39, 0.29) is 0 Å². The van der Waals surface area contributed by atoms with E-state index in [0.29, 0.717) is 0 Å². The zero-order chi connectivity index (χ0) is 12.4. The predicted octanol–water partition coefficient (Wildman–Crippen LogP) is 3.73. The molecule has 2 heterocycles. The Hall–Kier alpha value is -1.18. The molecule has 0 unspecified atom stereocenters. The van der Waals surface area contributed by atoms with Crippen molar-refractivity contribution in [1.29, 1.82) is 0 Å². The number of hydrogen-bond acceptors (Lipinski definition) is 7. The van der Waals surface area contributed by atoms with Crippen molar-refractivity contribution in [1.82, 2.24) is 15.2 Å². The summed E-state index contributed by atoms with van der Waals surface area (Å²) in [6.45, 7) is 2.90. The smallest absolute Gasteiger partial charge is 0.206 e. The minimum absolute atomic E-state index is 0.862. The number of thiazole rings is 1. The molecule has 0 saturated carbocycles. The van der Waals surface area contributed by atoms with Gasteiger partial charge in [0.2, 0.25) is 5.13 Å². The van der Waals surface area contributed by atoms with Gasteiger partial charge >= 0.3 is 0 Å². The summed E-state index contributed by atoms with van der Waals surface area (Å²) >= 11 is 4.82. The SMILES string of the molecule is CCNc1nnc(Sc2nc3ccccc3s2)s1. The van der Waals surface area contributed by atoms with Gasteiger partial charge in [-0.25, -0.2) is 4.98 Å². The van der Waals surface area contributed by atoms with Crippen molar-refractivity contribution in [3.8, 4) is 0 Å². The fourth-order valence-corrected chi connectivity index (χ4v) is 4.53. The standard InChI is InChI=1S/C11H10N4S3/c1-2-12-9-14-15-11(17-9)18-10-13-7-5-3-4-6-8(7)16-10/h3-6H,2H2,1H3,(H,12,14). The van der Waals surface area contributed by atoms with Crippen LogP contribution in [0, 0.1) is 0 Å². The number of fused-ring (bicyclic) bond motifs is 1. The molecule has 92 valence electrons. The van der Waals surface area contributed by atoms with Crippen molar-refractivity contribution < 1.29 is 0 Å². The molecule has 0 bridgehead atoms. The highest BCUT2D eigenvalue weighted by Gasteiger charge is 2.09. The lowest BCUT2D eigenvalue weighted by Gasteiger charge is -1.91. The van der Waals surface area contributed by atoms with Crippen molar-refractivity contribution in [2.75, 3.05) is 11.9 Å². The van der Waals surface area contributed by atoms with E-state index in [2.05, 4.69) is 26.6 Å². The van der Waals surface area contributed by atoms with Crippen molar-refractivity contribution in [3.63, 3.8) is 0 Å². The number of nitrogens with one attached hydrogen (secondary N) is 1. The molecule has 0 aliphatic carbocycles. The fraction of sp³-hybridized carbons (Fsp3) is 0.182. The molecule has 0 fully saturated rings. The van der Waals surface area contributed by atoms with Gasteiger partial charge in [0, 0.05) is 6.54 Å². The van der Waals surface area contributed by atoms with Crippen LogP contribution in [0.2, 0.25) is 0 Å². The van der Waals surface area contributed by atoms with Crippen molar-refractivity contribution >= 4 is 49.8 Å². The van der Waals surface area contributed by atoms with Crippen LogP contribution in [0.5, 0.6) is 0 Å². The Bertz CT molecular complexity index is 628. The highest BCUT2D eigenvalue weighted by Crippen LogP contribution is 2.36. The van der Waals surface area contributed by atoms with Crippen molar-refractivity contribution in [2.45, 2.75) is 15.6 Å². The number of para-hydroxylation sites is 1. The molecule has 4 nitrogen and oxygen atoms in total. The molecule has 0 spiro atoms. The Morgan fingerprint density at radius 3 is 2.89 bits per heavy atom. The molecule has 1 aromatic carbocycles. The van der Waals surface area contributed by atoms with E-state index in [1.165, 1.54) is 4.70 Å². The van der Waals surface area contributed by atoms with Crippen LogP contribution in [-0.2, 0) is 0 Å². The van der Waals surface area contributed by atoms with Crippen LogP contribution in [0.1, 0.15) is 6.92 Å². The van der Waals surface area contributed by atoms with Gasteiger partial charge in [-0.3, -0.25) is 0 Å². The van der Waals surface area contributed by atoms with Crippen LogP contribution in [0.3, 0.4) is 0 Å². The Labute approximate surface area is 116 Å². The van der Waals surface area contributed by atoms with E-state index in [1.807, 2.05) is 25.1 Å². The molecule has 0 radical (unpaired) electrons. The van der Waals surface area contributed by atoms with Crippen LogP contribution in [0.4, 0.5) is 5.13 Å². The summed E-state index contributed by atoms with van der Waals surface area (Å²) in [7, 11) is 0. The van der Waals surface area contributed by atoms with Gasteiger partial charge in [0.15, 0.2) is 8.68 Å². The zero-order valence-electron chi connectivity index (χ0n) is 9.58. The second kappa shape index (κ2) is 5.21. The molecule has 0 saturated heterocycles. The molecule has 0 aliphatic rings. The average molecular weight is 294 g/mol. The number of rotatable bonds is 4. The number of hydrogen-bond donors (Lipinski definition) is 1.